The molecule has 1 aromatic heterocycles. The Morgan fingerprint density at radius 1 is 1.24 bits per heavy atom. The lowest BCUT2D eigenvalue weighted by molar-refractivity contribution is 0.0895. The molecule has 1 amide bonds. The summed E-state index contributed by atoms with van der Waals surface area (Å²) in [4.78, 5) is 14.8. The summed E-state index contributed by atoms with van der Waals surface area (Å²) in [6, 6.07) is 11.0. The number of carbonyl (C=O) groups is 1. The smallest absolute Gasteiger partial charge is 0.251 e. The fourth-order valence-corrected chi connectivity index (χ4v) is 3.40. The first-order valence-electron chi connectivity index (χ1n) is 8.87. The van der Waals surface area contributed by atoms with Crippen molar-refractivity contribution in [3.05, 3.63) is 58.5 Å². The van der Waals surface area contributed by atoms with Crippen molar-refractivity contribution in [2.45, 2.75) is 32.7 Å². The molecule has 25 heavy (non-hydrogen) atoms. The first-order chi connectivity index (χ1) is 12.0. The first kappa shape index (κ1) is 18.0. The Bertz CT molecular complexity index is 703. The summed E-state index contributed by atoms with van der Waals surface area (Å²) < 4.78 is 5.87. The van der Waals surface area contributed by atoms with Gasteiger partial charge < -0.3 is 9.73 Å². The van der Waals surface area contributed by atoms with Gasteiger partial charge in [-0.3, -0.25) is 9.69 Å². The molecule has 4 nitrogen and oxygen atoms in total. The molecule has 0 spiro atoms. The van der Waals surface area contributed by atoms with E-state index in [-0.39, 0.29) is 11.9 Å². The van der Waals surface area contributed by atoms with E-state index in [0.717, 1.165) is 30.5 Å². The average molecular weight is 361 g/mol. The number of hydrogen-bond donors (Lipinski definition) is 1. The van der Waals surface area contributed by atoms with Crippen LogP contribution in [0.4, 0.5) is 0 Å². The molecule has 3 rings (SSSR count). The van der Waals surface area contributed by atoms with E-state index >= 15 is 0 Å². The van der Waals surface area contributed by atoms with Crippen LogP contribution in [0.25, 0.3) is 0 Å². The minimum absolute atomic E-state index is 0.0671. The molecule has 1 aliphatic rings. The van der Waals surface area contributed by atoms with Gasteiger partial charge >= 0.3 is 0 Å². The van der Waals surface area contributed by atoms with Crippen molar-refractivity contribution in [1.82, 2.24) is 10.2 Å². The van der Waals surface area contributed by atoms with E-state index in [0.29, 0.717) is 17.1 Å². The Kier molecular flexibility index (Phi) is 5.82. The molecule has 0 bridgehead atoms. The predicted octanol–water partition coefficient (Wildman–Crippen LogP) is 4.44. The molecule has 1 N–H and O–H groups in total. The second-order valence-corrected chi connectivity index (χ2v) is 7.34. The molecule has 0 unspecified atom stereocenters. The molecule has 1 fully saturated rings. The number of nitrogens with one attached hydrogen (secondary N) is 1. The second kappa shape index (κ2) is 8.07. The minimum Gasteiger partial charge on any atom is -0.465 e. The van der Waals surface area contributed by atoms with Crippen LogP contribution in [-0.2, 0) is 0 Å². The van der Waals surface area contributed by atoms with Crippen LogP contribution in [0, 0.1) is 12.8 Å². The first-order valence-corrected chi connectivity index (χ1v) is 9.25. The van der Waals surface area contributed by atoms with Crippen LogP contribution in [0.1, 0.15) is 47.7 Å². The van der Waals surface area contributed by atoms with E-state index in [2.05, 4.69) is 17.1 Å². The summed E-state index contributed by atoms with van der Waals surface area (Å²) in [7, 11) is 0. The standard InChI is InChI=1S/C20H25ClN2O2/c1-14-9-11-23(12-10-14)18(19-8-3-15(2)25-19)13-22-20(24)16-4-6-17(21)7-5-16/h3-8,14,18H,9-13H2,1-2H3,(H,22,24)/t18-/m1/s1. The maximum Gasteiger partial charge on any atom is 0.251 e. The SMILES string of the molecule is Cc1ccc([C@@H](CNC(=O)c2ccc(Cl)cc2)N2CCC(C)CC2)o1. The van der Waals surface area contributed by atoms with Crippen molar-refractivity contribution in [3.8, 4) is 0 Å². The Morgan fingerprint density at radius 2 is 1.92 bits per heavy atom. The van der Waals surface area contributed by atoms with Gasteiger partial charge in [0, 0.05) is 17.1 Å². The van der Waals surface area contributed by atoms with Crippen LogP contribution in [0.5, 0.6) is 0 Å². The number of nitrogens with zero attached hydrogens (tertiary/aromatic N) is 1. The Morgan fingerprint density at radius 3 is 2.52 bits per heavy atom. The van der Waals surface area contributed by atoms with Gasteiger partial charge in [-0.1, -0.05) is 18.5 Å². The summed E-state index contributed by atoms with van der Waals surface area (Å²) in [6.07, 6.45) is 2.36. The largest absolute Gasteiger partial charge is 0.465 e. The minimum atomic E-state index is -0.0877. The Labute approximate surface area is 154 Å². The highest BCUT2D eigenvalue weighted by molar-refractivity contribution is 6.30. The third-order valence-electron chi connectivity index (χ3n) is 4.91. The molecule has 0 saturated carbocycles. The second-order valence-electron chi connectivity index (χ2n) is 6.90. The number of furan rings is 1. The lowest BCUT2D eigenvalue weighted by atomic mass is 9.97. The maximum atomic E-state index is 12.4. The molecule has 0 aliphatic carbocycles. The van der Waals surface area contributed by atoms with E-state index in [1.807, 2.05) is 19.1 Å². The quantitative estimate of drug-likeness (QED) is 0.857. The third-order valence-corrected chi connectivity index (χ3v) is 5.16. The number of amides is 1. The fraction of sp³-hybridized carbons (Fsp3) is 0.450. The fourth-order valence-electron chi connectivity index (χ4n) is 3.28. The summed E-state index contributed by atoms with van der Waals surface area (Å²) >= 11 is 5.89. The lowest BCUT2D eigenvalue weighted by Crippen LogP contribution is -2.41. The normalized spacial score (nSPS) is 17.4. The van der Waals surface area contributed by atoms with E-state index in [4.69, 9.17) is 16.0 Å². The monoisotopic (exact) mass is 360 g/mol. The van der Waals surface area contributed by atoms with Crippen molar-refractivity contribution in [1.29, 1.82) is 0 Å². The van der Waals surface area contributed by atoms with E-state index < -0.39 is 0 Å². The summed E-state index contributed by atoms with van der Waals surface area (Å²) in [5, 5.41) is 3.68. The summed E-state index contributed by atoms with van der Waals surface area (Å²) in [5.74, 6) is 2.49. The zero-order chi connectivity index (χ0) is 17.8. The van der Waals surface area contributed by atoms with Gasteiger partial charge in [0.1, 0.15) is 11.5 Å². The topological polar surface area (TPSA) is 45.5 Å². The Balaban J connectivity index is 1.69. The van der Waals surface area contributed by atoms with Crippen molar-refractivity contribution in [3.63, 3.8) is 0 Å². The van der Waals surface area contributed by atoms with Crippen LogP contribution in [0.15, 0.2) is 40.8 Å². The highest BCUT2D eigenvalue weighted by Gasteiger charge is 2.27. The van der Waals surface area contributed by atoms with Crippen molar-refractivity contribution in [2.24, 2.45) is 5.92 Å². The van der Waals surface area contributed by atoms with E-state index in [1.54, 1.807) is 24.3 Å². The molecule has 1 aliphatic heterocycles. The maximum absolute atomic E-state index is 12.4. The molecule has 5 heteroatoms. The van der Waals surface area contributed by atoms with Crippen LogP contribution >= 0.6 is 11.6 Å². The number of carbonyl (C=O) groups excluding carboxylic acids is 1. The van der Waals surface area contributed by atoms with Crippen molar-refractivity contribution in [2.75, 3.05) is 19.6 Å². The number of aryl methyl sites for hydroxylation is 1. The molecule has 1 saturated heterocycles. The average Bonchev–Trinajstić information content (AvgIpc) is 3.03. The lowest BCUT2D eigenvalue weighted by Gasteiger charge is -2.35. The molecule has 0 radical (unpaired) electrons. The van der Waals surface area contributed by atoms with Gasteiger partial charge in [-0.15, -0.1) is 0 Å². The molecule has 2 heterocycles. The number of piperidine rings is 1. The number of rotatable bonds is 5. The summed E-state index contributed by atoms with van der Waals surface area (Å²) in [6.45, 7) is 6.84. The highest BCUT2D eigenvalue weighted by atomic mass is 35.5. The number of halogens is 1. The van der Waals surface area contributed by atoms with Gasteiger partial charge in [0.25, 0.3) is 5.91 Å². The van der Waals surface area contributed by atoms with Crippen molar-refractivity contribution >= 4 is 17.5 Å². The summed E-state index contributed by atoms with van der Waals surface area (Å²) in [5.41, 5.74) is 0.617. The van der Waals surface area contributed by atoms with E-state index in [1.165, 1.54) is 12.8 Å². The van der Waals surface area contributed by atoms with Gasteiger partial charge in [0.05, 0.1) is 6.04 Å². The molecule has 134 valence electrons. The van der Waals surface area contributed by atoms with Crippen LogP contribution < -0.4 is 5.32 Å². The van der Waals surface area contributed by atoms with Crippen molar-refractivity contribution < 1.29 is 9.21 Å². The number of likely N-dealkylation sites (tertiary alicyclic amines) is 1. The zero-order valence-corrected chi connectivity index (χ0v) is 15.6. The molecule has 1 aromatic carbocycles. The van der Waals surface area contributed by atoms with Gasteiger partial charge in [0.15, 0.2) is 0 Å². The molecular weight excluding hydrogens is 336 g/mol. The third kappa shape index (κ3) is 4.65. The number of benzene rings is 1. The molecule has 1 atom stereocenters. The van der Waals surface area contributed by atoms with Gasteiger partial charge in [-0.05, 0) is 75.2 Å². The zero-order valence-electron chi connectivity index (χ0n) is 14.8. The van der Waals surface area contributed by atoms with Gasteiger partial charge in [-0.2, -0.15) is 0 Å². The van der Waals surface area contributed by atoms with E-state index in [9.17, 15) is 4.79 Å². The highest BCUT2D eigenvalue weighted by Crippen LogP contribution is 2.27. The van der Waals surface area contributed by atoms with Crippen LogP contribution in [-0.4, -0.2) is 30.4 Å². The number of hydrogen-bond acceptors (Lipinski definition) is 3. The van der Waals surface area contributed by atoms with Gasteiger partial charge in [-0.25, -0.2) is 0 Å². The Hall–Kier alpha value is -1.78. The van der Waals surface area contributed by atoms with Crippen LogP contribution in [0.2, 0.25) is 5.02 Å². The van der Waals surface area contributed by atoms with Crippen LogP contribution in [0.3, 0.4) is 0 Å². The molecule has 2 aromatic rings. The predicted molar refractivity (Wildman–Crippen MR) is 99.9 cm³/mol. The van der Waals surface area contributed by atoms with Gasteiger partial charge in [0.2, 0.25) is 0 Å². The molecular formula is C20H25ClN2O2.